The molecular formula is C16H13ClN4O2S. The van der Waals surface area contributed by atoms with Gasteiger partial charge in [0.05, 0.1) is 16.3 Å². The first kappa shape index (κ1) is 16.5. The van der Waals surface area contributed by atoms with Gasteiger partial charge in [-0.05, 0) is 24.6 Å². The standard InChI is InChI=1S/C16H13ClN4O2S/c1-10-13(17)6-3-7-14(10)18-16-20-19-15(9-24-16)11-4-2-5-12(8-11)21(22)23/h2-8H,9H2,1H3,(H,18,20). The van der Waals surface area contributed by atoms with Crippen molar-refractivity contribution in [1.29, 1.82) is 0 Å². The molecular weight excluding hydrogens is 348 g/mol. The van der Waals surface area contributed by atoms with Crippen molar-refractivity contribution < 1.29 is 4.92 Å². The SMILES string of the molecule is Cc1c(Cl)cccc1N=C1NN=C(c2cccc([N+](=O)[O-])c2)CS1. The van der Waals surface area contributed by atoms with Crippen LogP contribution in [0, 0.1) is 17.0 Å². The summed E-state index contributed by atoms with van der Waals surface area (Å²) in [5.74, 6) is 0.576. The summed E-state index contributed by atoms with van der Waals surface area (Å²) in [4.78, 5) is 15.0. The van der Waals surface area contributed by atoms with Gasteiger partial charge >= 0.3 is 0 Å². The lowest BCUT2D eigenvalue weighted by Gasteiger charge is -2.15. The molecule has 2 aromatic carbocycles. The van der Waals surface area contributed by atoms with E-state index in [0.717, 1.165) is 22.5 Å². The van der Waals surface area contributed by atoms with E-state index in [1.165, 1.54) is 23.9 Å². The van der Waals surface area contributed by atoms with Crippen LogP contribution in [0.25, 0.3) is 0 Å². The third kappa shape index (κ3) is 3.58. The Hall–Kier alpha value is -2.38. The lowest BCUT2D eigenvalue weighted by atomic mass is 10.1. The molecule has 0 saturated carbocycles. The lowest BCUT2D eigenvalue weighted by molar-refractivity contribution is -0.384. The van der Waals surface area contributed by atoms with Crippen LogP contribution in [0.3, 0.4) is 0 Å². The summed E-state index contributed by atoms with van der Waals surface area (Å²) in [6, 6.07) is 12.0. The molecule has 0 fully saturated rings. The smallest absolute Gasteiger partial charge is 0.258 e. The Morgan fingerprint density at radius 2 is 2.12 bits per heavy atom. The van der Waals surface area contributed by atoms with E-state index in [1.807, 2.05) is 25.1 Å². The lowest BCUT2D eigenvalue weighted by Crippen LogP contribution is -2.25. The van der Waals surface area contributed by atoms with Crippen LogP contribution in [-0.2, 0) is 0 Å². The Bertz CT molecular complexity index is 867. The number of nitro benzene ring substituents is 1. The van der Waals surface area contributed by atoms with Gasteiger partial charge in [-0.3, -0.25) is 15.5 Å². The minimum absolute atomic E-state index is 0.0502. The van der Waals surface area contributed by atoms with Crippen LogP contribution in [0.2, 0.25) is 5.02 Å². The van der Waals surface area contributed by atoms with Crippen molar-refractivity contribution in [2.45, 2.75) is 6.92 Å². The molecule has 0 bridgehead atoms. The Kier molecular flexibility index (Phi) is 4.82. The number of thioether (sulfide) groups is 1. The predicted octanol–water partition coefficient (Wildman–Crippen LogP) is 4.28. The van der Waals surface area contributed by atoms with Gasteiger partial charge in [0, 0.05) is 28.5 Å². The Balaban J connectivity index is 1.81. The molecule has 0 aliphatic carbocycles. The molecule has 1 N–H and O–H groups in total. The van der Waals surface area contributed by atoms with E-state index in [4.69, 9.17) is 11.6 Å². The van der Waals surface area contributed by atoms with Gasteiger partial charge in [0.25, 0.3) is 5.69 Å². The van der Waals surface area contributed by atoms with Crippen molar-refractivity contribution in [3.8, 4) is 0 Å². The minimum atomic E-state index is -0.414. The molecule has 0 unspecified atom stereocenters. The second-order valence-corrected chi connectivity index (χ2v) is 6.44. The molecule has 0 aromatic heterocycles. The van der Waals surface area contributed by atoms with Crippen LogP contribution in [-0.4, -0.2) is 21.6 Å². The summed E-state index contributed by atoms with van der Waals surface area (Å²) in [5, 5.41) is 16.5. The normalized spacial score (nSPS) is 15.8. The zero-order valence-corrected chi connectivity index (χ0v) is 14.3. The quantitative estimate of drug-likeness (QED) is 0.654. The van der Waals surface area contributed by atoms with E-state index in [0.29, 0.717) is 15.9 Å². The molecule has 0 spiro atoms. The van der Waals surface area contributed by atoms with Gasteiger partial charge in [-0.1, -0.05) is 41.6 Å². The molecule has 1 aliphatic heterocycles. The first-order valence-corrected chi connectivity index (χ1v) is 8.45. The van der Waals surface area contributed by atoms with Crippen molar-refractivity contribution in [1.82, 2.24) is 5.43 Å². The monoisotopic (exact) mass is 360 g/mol. The average molecular weight is 361 g/mol. The van der Waals surface area contributed by atoms with Crippen LogP contribution in [0.15, 0.2) is 52.6 Å². The number of rotatable bonds is 3. The summed E-state index contributed by atoms with van der Waals surface area (Å²) < 4.78 is 0. The maximum absolute atomic E-state index is 10.9. The van der Waals surface area contributed by atoms with Crippen LogP contribution >= 0.6 is 23.4 Å². The second kappa shape index (κ2) is 7.02. The molecule has 2 aromatic rings. The predicted molar refractivity (Wildman–Crippen MR) is 98.5 cm³/mol. The van der Waals surface area contributed by atoms with E-state index < -0.39 is 4.92 Å². The highest BCUT2D eigenvalue weighted by Gasteiger charge is 2.16. The van der Waals surface area contributed by atoms with E-state index in [2.05, 4.69) is 15.5 Å². The zero-order chi connectivity index (χ0) is 17.1. The molecule has 8 heteroatoms. The van der Waals surface area contributed by atoms with Crippen molar-refractivity contribution in [3.05, 3.63) is 68.7 Å². The molecule has 0 atom stereocenters. The molecule has 0 radical (unpaired) electrons. The Morgan fingerprint density at radius 1 is 1.33 bits per heavy atom. The first-order valence-electron chi connectivity index (χ1n) is 7.08. The molecule has 0 amide bonds. The van der Waals surface area contributed by atoms with Gasteiger partial charge in [-0.25, -0.2) is 4.99 Å². The van der Waals surface area contributed by atoms with Crippen LogP contribution < -0.4 is 5.43 Å². The number of non-ortho nitro benzene ring substituents is 1. The van der Waals surface area contributed by atoms with Crippen molar-refractivity contribution >= 4 is 45.6 Å². The van der Waals surface area contributed by atoms with Gasteiger partial charge in [-0.15, -0.1) is 0 Å². The second-order valence-electron chi connectivity index (χ2n) is 5.07. The fraction of sp³-hybridized carbons (Fsp3) is 0.125. The maximum atomic E-state index is 10.9. The van der Waals surface area contributed by atoms with E-state index in [1.54, 1.807) is 12.1 Å². The summed E-state index contributed by atoms with van der Waals surface area (Å²) in [7, 11) is 0. The van der Waals surface area contributed by atoms with Crippen LogP contribution in [0.5, 0.6) is 0 Å². The van der Waals surface area contributed by atoms with Crippen molar-refractivity contribution in [2.75, 3.05) is 5.75 Å². The van der Waals surface area contributed by atoms with Gasteiger partial charge in [0.15, 0.2) is 5.17 Å². The molecule has 122 valence electrons. The Morgan fingerprint density at radius 3 is 2.83 bits per heavy atom. The third-order valence-corrected chi connectivity index (χ3v) is 4.77. The maximum Gasteiger partial charge on any atom is 0.270 e. The van der Waals surface area contributed by atoms with Gasteiger partial charge in [0.1, 0.15) is 0 Å². The minimum Gasteiger partial charge on any atom is -0.258 e. The largest absolute Gasteiger partial charge is 0.270 e. The number of nitrogens with zero attached hydrogens (tertiary/aromatic N) is 3. The van der Waals surface area contributed by atoms with E-state index >= 15 is 0 Å². The molecule has 0 saturated heterocycles. The highest BCUT2D eigenvalue weighted by Crippen LogP contribution is 2.27. The fourth-order valence-electron chi connectivity index (χ4n) is 2.15. The average Bonchev–Trinajstić information content (AvgIpc) is 2.60. The summed E-state index contributed by atoms with van der Waals surface area (Å²) in [6.07, 6.45) is 0. The third-order valence-electron chi connectivity index (χ3n) is 3.48. The number of hydrogen-bond acceptors (Lipinski definition) is 5. The summed E-state index contributed by atoms with van der Waals surface area (Å²) in [5.41, 5.74) is 6.10. The van der Waals surface area contributed by atoms with Crippen molar-refractivity contribution in [3.63, 3.8) is 0 Å². The number of nitrogens with one attached hydrogen (secondary N) is 1. The van der Waals surface area contributed by atoms with Gasteiger partial charge in [0.2, 0.25) is 0 Å². The van der Waals surface area contributed by atoms with Crippen molar-refractivity contribution in [2.24, 2.45) is 10.1 Å². The zero-order valence-electron chi connectivity index (χ0n) is 12.7. The molecule has 3 rings (SSSR count). The number of hydrazone groups is 1. The van der Waals surface area contributed by atoms with Gasteiger partial charge < -0.3 is 0 Å². The number of benzene rings is 2. The number of hydrogen-bond donors (Lipinski definition) is 1. The highest BCUT2D eigenvalue weighted by atomic mass is 35.5. The summed E-state index contributed by atoms with van der Waals surface area (Å²) in [6.45, 7) is 1.91. The van der Waals surface area contributed by atoms with Crippen LogP contribution in [0.4, 0.5) is 11.4 Å². The Labute approximate surface area is 147 Å². The topological polar surface area (TPSA) is 79.9 Å². The molecule has 24 heavy (non-hydrogen) atoms. The molecule has 1 aliphatic rings. The summed E-state index contributed by atoms with van der Waals surface area (Å²) >= 11 is 7.58. The van der Waals surface area contributed by atoms with Crippen LogP contribution in [0.1, 0.15) is 11.1 Å². The van der Waals surface area contributed by atoms with E-state index in [9.17, 15) is 10.1 Å². The van der Waals surface area contributed by atoms with E-state index in [-0.39, 0.29) is 5.69 Å². The fourth-order valence-corrected chi connectivity index (χ4v) is 3.09. The van der Waals surface area contributed by atoms with Gasteiger partial charge in [-0.2, -0.15) is 5.10 Å². The molecule has 6 nitrogen and oxygen atoms in total. The molecule has 1 heterocycles. The highest BCUT2D eigenvalue weighted by molar-refractivity contribution is 8.14. The number of nitro groups is 1. The number of halogens is 1. The number of amidine groups is 1. The first-order chi connectivity index (χ1) is 11.5. The number of aliphatic imine (C=N–C) groups is 1.